The maximum absolute atomic E-state index is 10.9. The first kappa shape index (κ1) is 9.87. The summed E-state index contributed by atoms with van der Waals surface area (Å²) in [4.78, 5) is 15.4. The fourth-order valence-electron chi connectivity index (χ4n) is 2.44. The van der Waals surface area contributed by atoms with E-state index in [4.69, 9.17) is 9.52 Å². The van der Waals surface area contributed by atoms with Crippen LogP contribution < -0.4 is 0 Å². The van der Waals surface area contributed by atoms with Gasteiger partial charge in [-0.1, -0.05) is 6.42 Å². The lowest BCUT2D eigenvalue weighted by atomic mass is 9.85. The molecule has 1 N–H and O–H groups in total. The second-order valence-electron chi connectivity index (χ2n) is 4.83. The summed E-state index contributed by atoms with van der Waals surface area (Å²) in [6, 6.07) is 0. The van der Waals surface area contributed by atoms with Gasteiger partial charge in [0, 0.05) is 18.8 Å². The number of aliphatic carboxylic acids is 1. The minimum atomic E-state index is -0.709. The molecule has 1 aromatic rings. The largest absolute Gasteiger partial charge is 0.481 e. The van der Waals surface area contributed by atoms with Gasteiger partial charge in [-0.05, 0) is 19.3 Å². The highest BCUT2D eigenvalue weighted by atomic mass is 16.4. The van der Waals surface area contributed by atoms with Gasteiger partial charge in [0.25, 0.3) is 0 Å². The van der Waals surface area contributed by atoms with E-state index in [0.717, 1.165) is 23.8 Å². The zero-order valence-electron chi connectivity index (χ0n) is 9.11. The minimum Gasteiger partial charge on any atom is -0.481 e. The Labute approximate surface area is 93.7 Å². The number of oxazole rings is 1. The number of aryl methyl sites for hydroxylation is 1. The second kappa shape index (κ2) is 3.61. The Kier molecular flexibility index (Phi) is 2.23. The Balaban J connectivity index is 1.82. The van der Waals surface area contributed by atoms with Crippen molar-refractivity contribution in [3.05, 3.63) is 17.3 Å². The molecular formula is C12H15NO3. The fourth-order valence-corrected chi connectivity index (χ4v) is 2.44. The Morgan fingerprint density at radius 1 is 1.38 bits per heavy atom. The third-order valence-electron chi connectivity index (χ3n) is 3.76. The molecule has 0 saturated heterocycles. The van der Waals surface area contributed by atoms with Crippen LogP contribution in [-0.2, 0) is 17.6 Å². The van der Waals surface area contributed by atoms with Gasteiger partial charge in [0.05, 0.1) is 11.6 Å². The molecule has 0 amide bonds. The summed E-state index contributed by atoms with van der Waals surface area (Å²) in [6.07, 6.45) is 5.55. The molecule has 0 radical (unpaired) electrons. The van der Waals surface area contributed by atoms with Crippen LogP contribution in [0.15, 0.2) is 4.42 Å². The van der Waals surface area contributed by atoms with Crippen LogP contribution in [-0.4, -0.2) is 16.1 Å². The molecule has 0 spiro atoms. The smallest absolute Gasteiger partial charge is 0.306 e. The van der Waals surface area contributed by atoms with E-state index in [0.29, 0.717) is 18.8 Å². The molecule has 1 fully saturated rings. The SMILES string of the molecule is O=C(O)C1CCc2oc(C3CCC3)nc2C1. The van der Waals surface area contributed by atoms with Crippen molar-refractivity contribution in [2.75, 3.05) is 0 Å². The van der Waals surface area contributed by atoms with Crippen LogP contribution >= 0.6 is 0 Å². The highest BCUT2D eigenvalue weighted by Crippen LogP contribution is 2.38. The zero-order valence-corrected chi connectivity index (χ0v) is 9.11. The van der Waals surface area contributed by atoms with Gasteiger partial charge in [0.1, 0.15) is 5.76 Å². The molecule has 2 aliphatic carbocycles. The summed E-state index contributed by atoms with van der Waals surface area (Å²) in [5.74, 6) is 1.29. The molecule has 1 heterocycles. The van der Waals surface area contributed by atoms with Crippen molar-refractivity contribution in [3.63, 3.8) is 0 Å². The molecule has 16 heavy (non-hydrogen) atoms. The molecule has 2 aliphatic rings. The van der Waals surface area contributed by atoms with Crippen molar-refractivity contribution in [3.8, 4) is 0 Å². The van der Waals surface area contributed by atoms with E-state index in [1.54, 1.807) is 0 Å². The van der Waals surface area contributed by atoms with Crippen molar-refractivity contribution in [2.24, 2.45) is 5.92 Å². The van der Waals surface area contributed by atoms with E-state index < -0.39 is 5.97 Å². The van der Waals surface area contributed by atoms with Crippen LogP contribution in [0.3, 0.4) is 0 Å². The quantitative estimate of drug-likeness (QED) is 0.830. The van der Waals surface area contributed by atoms with Gasteiger partial charge < -0.3 is 9.52 Å². The number of carbonyl (C=O) groups is 1. The highest BCUT2D eigenvalue weighted by molar-refractivity contribution is 5.70. The van der Waals surface area contributed by atoms with E-state index in [-0.39, 0.29) is 5.92 Å². The molecule has 1 atom stereocenters. The molecule has 4 heteroatoms. The Bertz CT molecular complexity index is 420. The van der Waals surface area contributed by atoms with E-state index in [9.17, 15) is 4.79 Å². The molecule has 1 saturated carbocycles. The maximum atomic E-state index is 10.9. The second-order valence-corrected chi connectivity index (χ2v) is 4.83. The molecule has 3 rings (SSSR count). The van der Waals surface area contributed by atoms with Crippen LogP contribution in [0.2, 0.25) is 0 Å². The van der Waals surface area contributed by atoms with Crippen molar-refractivity contribution in [2.45, 2.75) is 44.4 Å². The van der Waals surface area contributed by atoms with E-state index in [1.165, 1.54) is 19.3 Å². The summed E-state index contributed by atoms with van der Waals surface area (Å²) in [5.41, 5.74) is 0.889. The van der Waals surface area contributed by atoms with Gasteiger partial charge in [-0.15, -0.1) is 0 Å². The third-order valence-corrected chi connectivity index (χ3v) is 3.76. The monoisotopic (exact) mass is 221 g/mol. The van der Waals surface area contributed by atoms with Crippen LogP contribution in [0, 0.1) is 5.92 Å². The van der Waals surface area contributed by atoms with Gasteiger partial charge in [-0.25, -0.2) is 4.98 Å². The lowest BCUT2D eigenvalue weighted by Crippen LogP contribution is -2.21. The average molecular weight is 221 g/mol. The van der Waals surface area contributed by atoms with Crippen LogP contribution in [0.5, 0.6) is 0 Å². The number of hydrogen-bond donors (Lipinski definition) is 1. The number of carboxylic acid groups (broad SMARTS) is 1. The number of aromatic nitrogens is 1. The van der Waals surface area contributed by atoms with E-state index in [2.05, 4.69) is 4.98 Å². The van der Waals surface area contributed by atoms with Gasteiger partial charge >= 0.3 is 5.97 Å². The normalized spacial score (nSPS) is 24.9. The predicted molar refractivity (Wildman–Crippen MR) is 56.2 cm³/mol. The molecule has 0 bridgehead atoms. The minimum absolute atomic E-state index is 0.271. The Morgan fingerprint density at radius 3 is 2.81 bits per heavy atom. The van der Waals surface area contributed by atoms with Gasteiger partial charge in [0.2, 0.25) is 0 Å². The fraction of sp³-hybridized carbons (Fsp3) is 0.667. The first-order valence-electron chi connectivity index (χ1n) is 5.95. The number of nitrogens with zero attached hydrogens (tertiary/aromatic N) is 1. The van der Waals surface area contributed by atoms with Crippen LogP contribution in [0.25, 0.3) is 0 Å². The molecular weight excluding hydrogens is 206 g/mol. The van der Waals surface area contributed by atoms with Crippen molar-refractivity contribution in [1.29, 1.82) is 0 Å². The summed E-state index contributed by atoms with van der Waals surface area (Å²) in [7, 11) is 0. The zero-order chi connectivity index (χ0) is 11.1. The first-order valence-corrected chi connectivity index (χ1v) is 5.95. The predicted octanol–water partition coefficient (Wildman–Crippen LogP) is 2.13. The number of carboxylic acids is 1. The van der Waals surface area contributed by atoms with E-state index >= 15 is 0 Å². The first-order chi connectivity index (χ1) is 7.74. The maximum Gasteiger partial charge on any atom is 0.306 e. The summed E-state index contributed by atoms with van der Waals surface area (Å²) >= 11 is 0. The lowest BCUT2D eigenvalue weighted by molar-refractivity contribution is -0.142. The van der Waals surface area contributed by atoms with E-state index in [1.807, 2.05) is 0 Å². The third kappa shape index (κ3) is 1.52. The van der Waals surface area contributed by atoms with Crippen molar-refractivity contribution in [1.82, 2.24) is 4.98 Å². The topological polar surface area (TPSA) is 63.3 Å². The van der Waals surface area contributed by atoms with Crippen molar-refractivity contribution >= 4 is 5.97 Å². The molecule has 0 aliphatic heterocycles. The summed E-state index contributed by atoms with van der Waals surface area (Å²) in [6.45, 7) is 0. The molecule has 1 unspecified atom stereocenters. The number of rotatable bonds is 2. The number of fused-ring (bicyclic) bond motifs is 1. The highest BCUT2D eigenvalue weighted by Gasteiger charge is 2.31. The average Bonchev–Trinajstić information content (AvgIpc) is 2.56. The van der Waals surface area contributed by atoms with Crippen LogP contribution in [0.1, 0.15) is 48.9 Å². The Morgan fingerprint density at radius 2 is 2.19 bits per heavy atom. The lowest BCUT2D eigenvalue weighted by Gasteiger charge is -2.21. The Hall–Kier alpha value is -1.32. The van der Waals surface area contributed by atoms with Gasteiger partial charge in [0.15, 0.2) is 5.89 Å². The summed E-state index contributed by atoms with van der Waals surface area (Å²) < 4.78 is 5.73. The van der Waals surface area contributed by atoms with Crippen LogP contribution in [0.4, 0.5) is 0 Å². The molecule has 1 aromatic heterocycles. The molecule has 86 valence electrons. The van der Waals surface area contributed by atoms with Gasteiger partial charge in [-0.3, -0.25) is 4.79 Å². The van der Waals surface area contributed by atoms with Crippen molar-refractivity contribution < 1.29 is 14.3 Å². The number of hydrogen-bond acceptors (Lipinski definition) is 3. The molecule has 4 nitrogen and oxygen atoms in total. The molecule has 0 aromatic carbocycles. The standard InChI is InChI=1S/C12H15NO3/c14-12(15)8-4-5-10-9(6-8)13-11(16-10)7-2-1-3-7/h7-8H,1-6H2,(H,14,15). The summed E-state index contributed by atoms with van der Waals surface area (Å²) in [5, 5.41) is 8.98. The van der Waals surface area contributed by atoms with Gasteiger partial charge in [-0.2, -0.15) is 0 Å².